The molecule has 19 heavy (non-hydrogen) atoms. The van der Waals surface area contributed by atoms with E-state index in [0.717, 1.165) is 0 Å². The molecular weight excluding hydrogens is 278 g/mol. The third kappa shape index (κ3) is 3.43. The second-order valence-electron chi connectivity index (χ2n) is 4.34. The van der Waals surface area contributed by atoms with Crippen molar-refractivity contribution in [3.63, 3.8) is 0 Å². The summed E-state index contributed by atoms with van der Waals surface area (Å²) in [5.74, 6) is -1.05. The monoisotopic (exact) mass is 290 g/mol. The summed E-state index contributed by atoms with van der Waals surface area (Å²) in [5, 5.41) is 11.4. The van der Waals surface area contributed by atoms with E-state index in [4.69, 9.17) is 0 Å². The van der Waals surface area contributed by atoms with Gasteiger partial charge in [-0.3, -0.25) is 9.59 Å². The van der Waals surface area contributed by atoms with Crippen LogP contribution in [0.3, 0.4) is 0 Å². The summed E-state index contributed by atoms with van der Waals surface area (Å²) in [7, 11) is 0. The van der Waals surface area contributed by atoms with Gasteiger partial charge in [0.05, 0.1) is 0 Å². The number of rotatable bonds is 3. The fraction of sp³-hybridized carbons (Fsp3) is 0.600. The normalized spacial score (nSPS) is 23.3. The largest absolute Gasteiger partial charge is 0.354 e. The van der Waals surface area contributed by atoms with Gasteiger partial charge >= 0.3 is 0 Å². The molecule has 0 bridgehead atoms. The SMILES string of the molecule is CC1CC(C(=O)Nc2nnc(C(F)F)s2)CC(=O)N1. The van der Waals surface area contributed by atoms with E-state index in [1.807, 2.05) is 0 Å². The van der Waals surface area contributed by atoms with Gasteiger partial charge in [-0.05, 0) is 13.3 Å². The van der Waals surface area contributed by atoms with E-state index < -0.39 is 23.3 Å². The highest BCUT2D eigenvalue weighted by molar-refractivity contribution is 7.15. The molecule has 2 N–H and O–H groups in total. The fourth-order valence-electron chi connectivity index (χ4n) is 1.91. The van der Waals surface area contributed by atoms with E-state index in [1.165, 1.54) is 0 Å². The lowest BCUT2D eigenvalue weighted by molar-refractivity contribution is -0.130. The number of piperidine rings is 1. The van der Waals surface area contributed by atoms with Gasteiger partial charge in [-0.15, -0.1) is 10.2 Å². The lowest BCUT2D eigenvalue weighted by Crippen LogP contribution is -2.44. The Hall–Kier alpha value is -1.64. The summed E-state index contributed by atoms with van der Waals surface area (Å²) in [6.45, 7) is 1.80. The first kappa shape index (κ1) is 13.8. The van der Waals surface area contributed by atoms with Crippen molar-refractivity contribution < 1.29 is 18.4 Å². The second kappa shape index (κ2) is 5.55. The van der Waals surface area contributed by atoms with E-state index in [0.29, 0.717) is 17.8 Å². The zero-order valence-electron chi connectivity index (χ0n) is 10.0. The Kier molecular flexibility index (Phi) is 4.03. The number of hydrogen-bond acceptors (Lipinski definition) is 5. The first-order valence-electron chi connectivity index (χ1n) is 5.67. The van der Waals surface area contributed by atoms with Gasteiger partial charge in [-0.2, -0.15) is 0 Å². The number of carbonyl (C=O) groups is 2. The molecule has 2 heterocycles. The molecule has 1 fully saturated rings. The van der Waals surface area contributed by atoms with E-state index in [9.17, 15) is 18.4 Å². The highest BCUT2D eigenvalue weighted by Crippen LogP contribution is 2.26. The van der Waals surface area contributed by atoms with Crippen molar-refractivity contribution in [2.24, 2.45) is 5.92 Å². The number of nitrogens with one attached hydrogen (secondary N) is 2. The van der Waals surface area contributed by atoms with Gasteiger partial charge in [0.15, 0.2) is 5.01 Å². The smallest absolute Gasteiger partial charge is 0.291 e. The molecule has 1 aromatic heterocycles. The van der Waals surface area contributed by atoms with Gasteiger partial charge in [0.25, 0.3) is 6.43 Å². The van der Waals surface area contributed by atoms with Crippen molar-refractivity contribution in [2.75, 3.05) is 5.32 Å². The molecule has 2 atom stereocenters. The van der Waals surface area contributed by atoms with Crippen LogP contribution in [-0.2, 0) is 9.59 Å². The molecule has 1 saturated heterocycles. The molecule has 1 aliphatic heterocycles. The fourth-order valence-corrected chi connectivity index (χ4v) is 2.51. The molecule has 2 rings (SSSR count). The molecule has 9 heteroatoms. The Balaban J connectivity index is 1.98. The van der Waals surface area contributed by atoms with E-state index >= 15 is 0 Å². The summed E-state index contributed by atoms with van der Waals surface area (Å²) in [4.78, 5) is 23.2. The third-order valence-corrected chi connectivity index (χ3v) is 3.55. The molecular formula is C10H12F2N4O2S. The second-order valence-corrected chi connectivity index (χ2v) is 5.35. The number of anilines is 1. The van der Waals surface area contributed by atoms with Crippen LogP contribution in [0.15, 0.2) is 0 Å². The Morgan fingerprint density at radius 2 is 2.26 bits per heavy atom. The van der Waals surface area contributed by atoms with Crippen LogP contribution in [-0.4, -0.2) is 28.1 Å². The van der Waals surface area contributed by atoms with Crippen molar-refractivity contribution in [3.8, 4) is 0 Å². The zero-order chi connectivity index (χ0) is 14.0. The average molecular weight is 290 g/mol. The number of halogens is 2. The molecule has 0 aromatic carbocycles. The molecule has 2 unspecified atom stereocenters. The van der Waals surface area contributed by atoms with Gasteiger partial charge in [-0.25, -0.2) is 8.78 Å². The third-order valence-electron chi connectivity index (χ3n) is 2.71. The molecule has 1 aliphatic rings. The van der Waals surface area contributed by atoms with Crippen molar-refractivity contribution in [1.82, 2.24) is 15.5 Å². The minimum atomic E-state index is -2.70. The summed E-state index contributed by atoms with van der Waals surface area (Å²) >= 11 is 0.630. The van der Waals surface area contributed by atoms with Gasteiger partial charge < -0.3 is 10.6 Å². The van der Waals surface area contributed by atoms with Crippen LogP contribution < -0.4 is 10.6 Å². The first-order chi connectivity index (χ1) is 8.95. The van der Waals surface area contributed by atoms with Gasteiger partial charge in [0, 0.05) is 18.4 Å². The predicted molar refractivity (Wildman–Crippen MR) is 63.8 cm³/mol. The van der Waals surface area contributed by atoms with Gasteiger partial charge in [0.1, 0.15) is 0 Å². The maximum atomic E-state index is 12.3. The Bertz CT molecular complexity index is 494. The van der Waals surface area contributed by atoms with E-state index in [-0.39, 0.29) is 23.5 Å². The molecule has 0 aliphatic carbocycles. The number of amides is 2. The van der Waals surface area contributed by atoms with Crippen molar-refractivity contribution in [3.05, 3.63) is 5.01 Å². The summed E-state index contributed by atoms with van der Waals surface area (Å²) in [6.07, 6.45) is -2.10. The molecule has 0 spiro atoms. The number of aromatic nitrogens is 2. The Morgan fingerprint density at radius 1 is 1.53 bits per heavy atom. The van der Waals surface area contributed by atoms with Crippen molar-refractivity contribution in [1.29, 1.82) is 0 Å². The minimum absolute atomic E-state index is 0.0268. The number of nitrogens with zero attached hydrogens (tertiary/aromatic N) is 2. The van der Waals surface area contributed by atoms with Crippen LogP contribution in [0.25, 0.3) is 0 Å². The Labute approximate surface area is 111 Å². The zero-order valence-corrected chi connectivity index (χ0v) is 10.8. The van der Waals surface area contributed by atoms with Crippen LogP contribution >= 0.6 is 11.3 Å². The molecule has 2 amide bonds. The number of alkyl halides is 2. The van der Waals surface area contributed by atoms with Crippen LogP contribution in [0.5, 0.6) is 0 Å². The topological polar surface area (TPSA) is 84.0 Å². The maximum absolute atomic E-state index is 12.3. The first-order valence-corrected chi connectivity index (χ1v) is 6.49. The van der Waals surface area contributed by atoms with Crippen LogP contribution in [0, 0.1) is 5.92 Å². The lowest BCUT2D eigenvalue weighted by atomic mass is 9.92. The van der Waals surface area contributed by atoms with Crippen LogP contribution in [0.1, 0.15) is 31.2 Å². The minimum Gasteiger partial charge on any atom is -0.354 e. The van der Waals surface area contributed by atoms with Crippen molar-refractivity contribution in [2.45, 2.75) is 32.2 Å². The highest BCUT2D eigenvalue weighted by atomic mass is 32.1. The van der Waals surface area contributed by atoms with Gasteiger partial charge in [0.2, 0.25) is 16.9 Å². The predicted octanol–water partition coefficient (Wildman–Crippen LogP) is 1.33. The molecule has 104 valence electrons. The molecule has 0 radical (unpaired) electrons. The highest BCUT2D eigenvalue weighted by Gasteiger charge is 2.30. The molecule has 6 nitrogen and oxygen atoms in total. The number of hydrogen-bond donors (Lipinski definition) is 2. The maximum Gasteiger partial charge on any atom is 0.291 e. The van der Waals surface area contributed by atoms with Crippen LogP contribution in [0.4, 0.5) is 13.9 Å². The summed E-state index contributed by atoms with van der Waals surface area (Å²) in [6, 6.07) is -0.0805. The number of carbonyl (C=O) groups excluding carboxylic acids is 2. The summed E-state index contributed by atoms with van der Waals surface area (Å²) < 4.78 is 24.6. The average Bonchev–Trinajstić information content (AvgIpc) is 2.76. The standard InChI is InChI=1S/C10H12F2N4O2S/c1-4-2-5(3-6(17)13-4)8(18)14-10-16-15-9(19-10)7(11)12/h4-5,7H,2-3H2,1H3,(H,13,17)(H,14,16,18). The lowest BCUT2D eigenvalue weighted by Gasteiger charge is -2.26. The molecule has 0 saturated carbocycles. The quantitative estimate of drug-likeness (QED) is 0.879. The van der Waals surface area contributed by atoms with Crippen molar-refractivity contribution >= 4 is 28.3 Å². The Morgan fingerprint density at radius 3 is 2.84 bits per heavy atom. The van der Waals surface area contributed by atoms with Crippen LogP contribution in [0.2, 0.25) is 0 Å². The van der Waals surface area contributed by atoms with E-state index in [1.54, 1.807) is 6.92 Å². The van der Waals surface area contributed by atoms with E-state index in [2.05, 4.69) is 20.8 Å². The molecule has 1 aromatic rings. The summed E-state index contributed by atoms with van der Waals surface area (Å²) in [5.41, 5.74) is 0. The van der Waals surface area contributed by atoms with Gasteiger partial charge in [-0.1, -0.05) is 11.3 Å².